The summed E-state index contributed by atoms with van der Waals surface area (Å²) in [5.41, 5.74) is 1.96. The fourth-order valence-corrected chi connectivity index (χ4v) is 6.11. The molecular formula is C25H32NO2PSi. The molecule has 3 nitrogen and oxygen atoms in total. The first kappa shape index (κ1) is 22.5. The maximum absolute atomic E-state index is 14.1. The third-order valence-electron chi connectivity index (χ3n) is 5.89. The van der Waals surface area contributed by atoms with Crippen molar-refractivity contribution < 1.29 is 8.99 Å². The van der Waals surface area contributed by atoms with Crippen LogP contribution in [0, 0.1) is 0 Å². The van der Waals surface area contributed by atoms with E-state index in [4.69, 9.17) is 4.43 Å². The van der Waals surface area contributed by atoms with Gasteiger partial charge >= 0.3 is 0 Å². The summed E-state index contributed by atoms with van der Waals surface area (Å²) in [6, 6.07) is 27.3. The molecule has 3 rings (SSSR count). The van der Waals surface area contributed by atoms with Crippen LogP contribution in [0.15, 0.2) is 84.9 Å². The van der Waals surface area contributed by atoms with E-state index in [-0.39, 0.29) is 5.04 Å². The van der Waals surface area contributed by atoms with Crippen molar-refractivity contribution in [1.82, 2.24) is 0 Å². The maximum atomic E-state index is 14.1. The Labute approximate surface area is 182 Å². The van der Waals surface area contributed by atoms with Crippen molar-refractivity contribution in [3.8, 4) is 0 Å². The van der Waals surface area contributed by atoms with Gasteiger partial charge in [-0.2, -0.15) is 0 Å². The Hall–Kier alpha value is -2.13. The van der Waals surface area contributed by atoms with Crippen LogP contribution >= 0.6 is 7.29 Å². The molecule has 0 saturated heterocycles. The Kier molecular flexibility index (Phi) is 6.71. The van der Waals surface area contributed by atoms with E-state index >= 15 is 0 Å². The Morgan fingerprint density at radius 1 is 0.800 bits per heavy atom. The molecule has 0 unspecified atom stereocenters. The molecule has 0 amide bonds. The zero-order valence-electron chi connectivity index (χ0n) is 18.6. The maximum Gasteiger partial charge on any atom is 0.227 e. The second kappa shape index (κ2) is 8.93. The van der Waals surface area contributed by atoms with Crippen LogP contribution in [0.4, 0.5) is 5.69 Å². The largest absolute Gasteiger partial charge is 0.413 e. The lowest BCUT2D eigenvalue weighted by Gasteiger charge is -2.36. The Balaban J connectivity index is 1.81. The summed E-state index contributed by atoms with van der Waals surface area (Å²) < 4.78 is 20.4. The van der Waals surface area contributed by atoms with Gasteiger partial charge in [-0.1, -0.05) is 69.3 Å². The molecule has 3 aromatic rings. The molecule has 0 atom stereocenters. The third kappa shape index (κ3) is 5.12. The van der Waals surface area contributed by atoms with E-state index in [0.717, 1.165) is 21.9 Å². The summed E-state index contributed by atoms with van der Waals surface area (Å²) >= 11 is 0. The van der Waals surface area contributed by atoms with Crippen molar-refractivity contribution in [2.45, 2.75) is 45.5 Å². The highest BCUT2D eigenvalue weighted by Gasteiger charge is 2.37. The van der Waals surface area contributed by atoms with Crippen LogP contribution in [0.2, 0.25) is 18.1 Å². The first-order chi connectivity index (χ1) is 14.1. The van der Waals surface area contributed by atoms with E-state index < -0.39 is 15.6 Å². The van der Waals surface area contributed by atoms with Gasteiger partial charge in [-0.05, 0) is 60.1 Å². The molecule has 0 spiro atoms. The van der Waals surface area contributed by atoms with Gasteiger partial charge in [0.05, 0.1) is 6.61 Å². The monoisotopic (exact) mass is 437 g/mol. The van der Waals surface area contributed by atoms with Gasteiger partial charge in [0.15, 0.2) is 8.32 Å². The average molecular weight is 438 g/mol. The number of hydrogen-bond donors (Lipinski definition) is 1. The molecule has 0 heterocycles. The lowest BCUT2D eigenvalue weighted by molar-refractivity contribution is 0.276. The van der Waals surface area contributed by atoms with Crippen molar-refractivity contribution in [1.29, 1.82) is 0 Å². The van der Waals surface area contributed by atoms with Gasteiger partial charge in [0, 0.05) is 16.3 Å². The average Bonchev–Trinajstić information content (AvgIpc) is 2.74. The lowest BCUT2D eigenvalue weighted by atomic mass is 10.2. The summed E-state index contributed by atoms with van der Waals surface area (Å²) in [5, 5.41) is 5.11. The molecule has 5 heteroatoms. The summed E-state index contributed by atoms with van der Waals surface area (Å²) in [7, 11) is -4.79. The number of benzene rings is 3. The van der Waals surface area contributed by atoms with Crippen LogP contribution in [0.25, 0.3) is 0 Å². The standard InChI is InChI=1S/C25H32NO2PSi/c1-25(2,3)30(4,5)28-20-21-16-18-22(19-17-21)26-29(27,23-12-8-6-9-13-23)24-14-10-7-11-15-24/h6-19H,20H2,1-5H3,(H,26,27). The van der Waals surface area contributed by atoms with Gasteiger partial charge in [0.25, 0.3) is 0 Å². The van der Waals surface area contributed by atoms with E-state index in [1.54, 1.807) is 0 Å². The number of anilines is 1. The molecule has 0 fully saturated rings. The fraction of sp³-hybridized carbons (Fsp3) is 0.280. The molecule has 0 radical (unpaired) electrons. The van der Waals surface area contributed by atoms with Crippen molar-refractivity contribution in [3.63, 3.8) is 0 Å². The highest BCUT2D eigenvalue weighted by Crippen LogP contribution is 2.43. The van der Waals surface area contributed by atoms with Crippen molar-refractivity contribution in [2.24, 2.45) is 0 Å². The Morgan fingerprint density at radius 3 is 1.70 bits per heavy atom. The Morgan fingerprint density at radius 2 is 1.27 bits per heavy atom. The quantitative estimate of drug-likeness (QED) is 0.336. The molecule has 0 aliphatic rings. The summed E-state index contributed by atoms with van der Waals surface area (Å²) in [4.78, 5) is 0. The second-order valence-corrected chi connectivity index (χ2v) is 16.4. The van der Waals surface area contributed by atoms with E-state index in [9.17, 15) is 4.57 Å². The molecule has 0 bridgehead atoms. The van der Waals surface area contributed by atoms with Crippen LogP contribution < -0.4 is 15.7 Å². The number of rotatable bonds is 7. The van der Waals surface area contributed by atoms with E-state index in [2.05, 4.69) is 51.1 Å². The van der Waals surface area contributed by atoms with E-state index in [1.807, 2.05) is 72.8 Å². The molecule has 1 N–H and O–H groups in total. The molecule has 0 aliphatic heterocycles. The van der Waals surface area contributed by atoms with Crippen LogP contribution in [0.3, 0.4) is 0 Å². The van der Waals surface area contributed by atoms with Crippen LogP contribution in [0.5, 0.6) is 0 Å². The first-order valence-electron chi connectivity index (χ1n) is 10.3. The summed E-state index contributed by atoms with van der Waals surface area (Å²) in [5.74, 6) is 0. The van der Waals surface area contributed by atoms with Gasteiger partial charge < -0.3 is 9.51 Å². The van der Waals surface area contributed by atoms with Gasteiger partial charge in [-0.15, -0.1) is 0 Å². The number of hydrogen-bond acceptors (Lipinski definition) is 2. The normalized spacial score (nSPS) is 12.6. The minimum atomic E-state index is -3.00. The van der Waals surface area contributed by atoms with Crippen molar-refractivity contribution in [3.05, 3.63) is 90.5 Å². The van der Waals surface area contributed by atoms with Gasteiger partial charge in [0.1, 0.15) is 0 Å². The second-order valence-electron chi connectivity index (χ2n) is 9.14. The topological polar surface area (TPSA) is 38.3 Å². The first-order valence-corrected chi connectivity index (χ1v) is 15.0. The van der Waals surface area contributed by atoms with Gasteiger partial charge in [-0.25, -0.2) is 0 Å². The molecule has 3 aromatic carbocycles. The summed E-state index contributed by atoms with van der Waals surface area (Å²) in [6.07, 6.45) is 0. The molecule has 0 aromatic heterocycles. The van der Waals surface area contributed by atoms with Crippen molar-refractivity contribution >= 4 is 31.9 Å². The number of nitrogens with one attached hydrogen (secondary N) is 1. The molecule has 158 valence electrons. The lowest BCUT2D eigenvalue weighted by Crippen LogP contribution is -2.40. The zero-order chi connectivity index (χ0) is 21.8. The van der Waals surface area contributed by atoms with Crippen LogP contribution in [0.1, 0.15) is 26.3 Å². The van der Waals surface area contributed by atoms with Crippen LogP contribution in [-0.2, 0) is 15.6 Å². The predicted molar refractivity (Wildman–Crippen MR) is 132 cm³/mol. The summed E-state index contributed by atoms with van der Waals surface area (Å²) in [6.45, 7) is 11.9. The highest BCUT2D eigenvalue weighted by atomic mass is 31.2. The van der Waals surface area contributed by atoms with E-state index in [1.165, 1.54) is 0 Å². The predicted octanol–water partition coefficient (Wildman–Crippen LogP) is 6.55. The SMILES string of the molecule is CC(C)(C)[Si](C)(C)OCc1ccc(NP(=O)(c2ccccc2)c2ccccc2)cc1. The minimum Gasteiger partial charge on any atom is -0.413 e. The third-order valence-corrected chi connectivity index (χ3v) is 13.0. The molecule has 30 heavy (non-hydrogen) atoms. The van der Waals surface area contributed by atoms with Gasteiger partial charge in [0.2, 0.25) is 7.29 Å². The molecular weight excluding hydrogens is 405 g/mol. The zero-order valence-corrected chi connectivity index (χ0v) is 20.4. The molecule has 0 aliphatic carbocycles. The highest BCUT2D eigenvalue weighted by molar-refractivity contribution is 7.80. The molecule has 0 saturated carbocycles. The fourth-order valence-electron chi connectivity index (χ4n) is 2.89. The van der Waals surface area contributed by atoms with Gasteiger partial charge in [-0.3, -0.25) is 4.57 Å². The Bertz CT molecular complexity index is 953. The van der Waals surface area contributed by atoms with Crippen molar-refractivity contribution in [2.75, 3.05) is 5.09 Å². The smallest absolute Gasteiger partial charge is 0.227 e. The van der Waals surface area contributed by atoms with Crippen LogP contribution in [-0.4, -0.2) is 8.32 Å². The van der Waals surface area contributed by atoms with E-state index in [0.29, 0.717) is 6.61 Å². The minimum absolute atomic E-state index is 0.187.